The molecule has 2 aliphatic heterocycles. The molecule has 0 spiro atoms. The summed E-state index contributed by atoms with van der Waals surface area (Å²) >= 11 is 0. The van der Waals surface area contributed by atoms with Crippen molar-refractivity contribution in [2.75, 3.05) is 28.2 Å². The molecule has 8 nitrogen and oxygen atoms in total. The molecule has 0 aromatic carbocycles. The van der Waals surface area contributed by atoms with Crippen LogP contribution >= 0.6 is 0 Å². The summed E-state index contributed by atoms with van der Waals surface area (Å²) in [5.74, 6) is 1.11. The standard InChI is InChI=1S/C21H21N7O/c1-13-9-15(10-14(2)24-13)17-3-4-18-20(25-17)28(16-5-8-27(18)12-16)21(29)26-19-11-22-6-7-23-19/h3-4,6-7,9-11,16H,5,8,12H2,1-2H3,(H,23,26,29)/t16-/m0/s1. The summed E-state index contributed by atoms with van der Waals surface area (Å²) in [6.45, 7) is 5.68. The van der Waals surface area contributed by atoms with Crippen molar-refractivity contribution in [3.8, 4) is 11.3 Å². The Morgan fingerprint density at radius 1 is 1.14 bits per heavy atom. The fourth-order valence-corrected chi connectivity index (χ4v) is 4.15. The van der Waals surface area contributed by atoms with Crippen molar-refractivity contribution in [1.29, 1.82) is 0 Å². The molecule has 3 aromatic rings. The zero-order chi connectivity index (χ0) is 20.0. The van der Waals surface area contributed by atoms with Crippen molar-refractivity contribution >= 4 is 23.4 Å². The van der Waals surface area contributed by atoms with Gasteiger partial charge in [0.1, 0.15) is 0 Å². The van der Waals surface area contributed by atoms with Gasteiger partial charge in [0.05, 0.1) is 23.6 Å². The zero-order valence-electron chi connectivity index (χ0n) is 16.3. The van der Waals surface area contributed by atoms with Crippen LogP contribution in [0.5, 0.6) is 0 Å². The van der Waals surface area contributed by atoms with E-state index in [1.807, 2.05) is 32.0 Å². The SMILES string of the molecule is Cc1cc(-c2ccc3c(n2)N(C(=O)Nc2cnccn2)[C@H]2CCN3C2)cc(C)n1. The van der Waals surface area contributed by atoms with Crippen LogP contribution in [0.25, 0.3) is 11.3 Å². The number of amides is 2. The number of hydrogen-bond acceptors (Lipinski definition) is 6. The molecule has 0 saturated carbocycles. The highest BCUT2D eigenvalue weighted by Crippen LogP contribution is 2.40. The lowest BCUT2D eigenvalue weighted by Gasteiger charge is -2.35. The molecule has 8 heteroatoms. The monoisotopic (exact) mass is 387 g/mol. The third kappa shape index (κ3) is 3.16. The molecule has 29 heavy (non-hydrogen) atoms. The first kappa shape index (κ1) is 17.5. The molecular formula is C21H21N7O. The van der Waals surface area contributed by atoms with Crippen LogP contribution in [-0.2, 0) is 0 Å². The summed E-state index contributed by atoms with van der Waals surface area (Å²) < 4.78 is 0. The normalized spacial score (nSPS) is 17.2. The summed E-state index contributed by atoms with van der Waals surface area (Å²) in [7, 11) is 0. The second kappa shape index (κ2) is 6.80. The summed E-state index contributed by atoms with van der Waals surface area (Å²) in [6, 6.07) is 7.97. The molecule has 1 saturated heterocycles. The molecule has 3 aromatic heterocycles. The number of nitrogens with one attached hydrogen (secondary N) is 1. The van der Waals surface area contributed by atoms with Gasteiger partial charge in [0.15, 0.2) is 11.6 Å². The van der Waals surface area contributed by atoms with Gasteiger partial charge in [-0.05, 0) is 44.5 Å². The maximum Gasteiger partial charge on any atom is 0.329 e. The number of aromatic nitrogens is 4. The molecule has 1 atom stereocenters. The van der Waals surface area contributed by atoms with E-state index in [2.05, 4.69) is 31.2 Å². The molecule has 1 fully saturated rings. The van der Waals surface area contributed by atoms with Gasteiger partial charge in [0, 0.05) is 42.4 Å². The van der Waals surface area contributed by atoms with Gasteiger partial charge in [0.2, 0.25) is 0 Å². The number of urea groups is 1. The molecule has 1 N–H and O–H groups in total. The number of carbonyl (C=O) groups excluding carboxylic acids is 1. The van der Waals surface area contributed by atoms with Crippen LogP contribution in [0.2, 0.25) is 0 Å². The van der Waals surface area contributed by atoms with Crippen molar-refractivity contribution in [3.05, 3.63) is 54.2 Å². The highest BCUT2D eigenvalue weighted by molar-refractivity contribution is 6.04. The minimum absolute atomic E-state index is 0.0860. The van der Waals surface area contributed by atoms with Gasteiger partial charge in [0.25, 0.3) is 0 Å². The van der Waals surface area contributed by atoms with Gasteiger partial charge in [-0.2, -0.15) is 0 Å². The Labute approximate surface area is 168 Å². The van der Waals surface area contributed by atoms with Crippen LogP contribution in [0.3, 0.4) is 0 Å². The van der Waals surface area contributed by atoms with Gasteiger partial charge in [-0.25, -0.2) is 14.8 Å². The molecule has 146 valence electrons. The second-order valence-electron chi connectivity index (χ2n) is 7.46. The number of aryl methyl sites for hydroxylation is 2. The minimum Gasteiger partial charge on any atom is -0.366 e. The first-order valence-electron chi connectivity index (χ1n) is 9.66. The number of anilines is 3. The van der Waals surface area contributed by atoms with E-state index in [4.69, 9.17) is 4.98 Å². The van der Waals surface area contributed by atoms with E-state index < -0.39 is 0 Å². The highest BCUT2D eigenvalue weighted by Gasteiger charge is 2.40. The van der Waals surface area contributed by atoms with Crippen molar-refractivity contribution in [2.45, 2.75) is 26.3 Å². The topological polar surface area (TPSA) is 87.1 Å². The van der Waals surface area contributed by atoms with Crippen LogP contribution in [0, 0.1) is 13.8 Å². The Hall–Kier alpha value is -3.55. The molecule has 0 unspecified atom stereocenters. The first-order valence-corrected chi connectivity index (χ1v) is 9.66. The van der Waals surface area contributed by atoms with E-state index in [0.717, 1.165) is 47.8 Å². The average molecular weight is 387 g/mol. The lowest BCUT2D eigenvalue weighted by atomic mass is 10.1. The molecule has 0 aliphatic carbocycles. The molecular weight excluding hydrogens is 366 g/mol. The number of fused-ring (bicyclic) bond motifs is 4. The van der Waals surface area contributed by atoms with Crippen LogP contribution in [0.4, 0.5) is 22.1 Å². The predicted octanol–water partition coefficient (Wildman–Crippen LogP) is 3.18. The van der Waals surface area contributed by atoms with Gasteiger partial charge >= 0.3 is 6.03 Å². The van der Waals surface area contributed by atoms with Crippen molar-refractivity contribution < 1.29 is 4.79 Å². The van der Waals surface area contributed by atoms with E-state index in [0.29, 0.717) is 11.6 Å². The number of rotatable bonds is 2. The second-order valence-corrected chi connectivity index (χ2v) is 7.46. The minimum atomic E-state index is -0.231. The van der Waals surface area contributed by atoms with E-state index in [-0.39, 0.29) is 12.1 Å². The Bertz CT molecular complexity index is 1070. The first-order chi connectivity index (χ1) is 14.1. The Kier molecular flexibility index (Phi) is 4.12. The summed E-state index contributed by atoms with van der Waals surface area (Å²) in [5, 5.41) is 2.86. The van der Waals surface area contributed by atoms with E-state index in [9.17, 15) is 4.79 Å². The van der Waals surface area contributed by atoms with Crippen molar-refractivity contribution in [1.82, 2.24) is 19.9 Å². The Morgan fingerprint density at radius 2 is 1.97 bits per heavy atom. The quantitative estimate of drug-likeness (QED) is 0.727. The third-order valence-electron chi connectivity index (χ3n) is 5.35. The fourth-order valence-electron chi connectivity index (χ4n) is 4.15. The third-order valence-corrected chi connectivity index (χ3v) is 5.35. The van der Waals surface area contributed by atoms with Gasteiger partial charge in [-0.15, -0.1) is 0 Å². The van der Waals surface area contributed by atoms with Gasteiger partial charge in [-0.1, -0.05) is 0 Å². The predicted molar refractivity (Wildman–Crippen MR) is 111 cm³/mol. The van der Waals surface area contributed by atoms with Crippen molar-refractivity contribution in [3.63, 3.8) is 0 Å². The smallest absolute Gasteiger partial charge is 0.329 e. The number of nitrogens with zero attached hydrogens (tertiary/aromatic N) is 6. The molecule has 0 radical (unpaired) electrons. The molecule has 5 rings (SSSR count). The molecule has 2 bridgehead atoms. The van der Waals surface area contributed by atoms with Gasteiger partial charge < -0.3 is 4.90 Å². The van der Waals surface area contributed by atoms with Crippen LogP contribution < -0.4 is 15.1 Å². The van der Waals surface area contributed by atoms with Crippen LogP contribution in [0.1, 0.15) is 17.8 Å². The summed E-state index contributed by atoms with van der Waals surface area (Å²) in [6.07, 6.45) is 5.58. The number of hydrogen-bond donors (Lipinski definition) is 1. The highest BCUT2D eigenvalue weighted by atomic mass is 16.2. The molecule has 2 aliphatic rings. The average Bonchev–Trinajstić information content (AvgIpc) is 3.12. The number of pyridine rings is 2. The van der Waals surface area contributed by atoms with E-state index >= 15 is 0 Å². The largest absolute Gasteiger partial charge is 0.366 e. The maximum atomic E-state index is 13.2. The maximum absolute atomic E-state index is 13.2. The van der Waals surface area contributed by atoms with Crippen LogP contribution in [0.15, 0.2) is 42.9 Å². The van der Waals surface area contributed by atoms with E-state index in [1.54, 1.807) is 17.3 Å². The lowest BCUT2D eigenvalue weighted by molar-refractivity contribution is 0.254. The van der Waals surface area contributed by atoms with Gasteiger partial charge in [-0.3, -0.25) is 20.2 Å². The molecule has 5 heterocycles. The summed E-state index contributed by atoms with van der Waals surface area (Å²) in [5.41, 5.74) is 4.71. The molecule has 2 amide bonds. The lowest BCUT2D eigenvalue weighted by Crippen LogP contribution is -2.48. The Balaban J connectivity index is 1.55. The Morgan fingerprint density at radius 3 is 2.72 bits per heavy atom. The number of carbonyl (C=O) groups is 1. The summed E-state index contributed by atoms with van der Waals surface area (Å²) in [4.78, 5) is 34.8. The van der Waals surface area contributed by atoms with Crippen molar-refractivity contribution in [2.24, 2.45) is 0 Å². The van der Waals surface area contributed by atoms with Crippen LogP contribution in [-0.4, -0.2) is 45.1 Å². The fraction of sp³-hybridized carbons (Fsp3) is 0.286. The van der Waals surface area contributed by atoms with E-state index in [1.165, 1.54) is 6.20 Å². The zero-order valence-corrected chi connectivity index (χ0v) is 16.3.